The highest BCUT2D eigenvalue weighted by Crippen LogP contribution is 2.14. The first kappa shape index (κ1) is 13.0. The van der Waals surface area contributed by atoms with Crippen LogP contribution in [0, 0.1) is 5.92 Å². The maximum absolute atomic E-state index is 11.4. The Hall–Kier alpha value is -2.04. The van der Waals surface area contributed by atoms with Gasteiger partial charge in [0.2, 0.25) is 0 Å². The van der Waals surface area contributed by atoms with Gasteiger partial charge in [0, 0.05) is 18.3 Å². The minimum atomic E-state index is -0.740. The number of carbonyl (C=O) groups is 2. The van der Waals surface area contributed by atoms with Gasteiger partial charge in [0.25, 0.3) is 0 Å². The standard InChI is InChI=1S/C12H16N2O3/c1-8(2)7-13-11(16)12(17)14-9-4-3-5-10(15)6-9/h3-6,8,15H,7H2,1-2H3,(H,13,16)(H,14,17). The summed E-state index contributed by atoms with van der Waals surface area (Å²) in [6, 6.07) is 6.02. The van der Waals surface area contributed by atoms with E-state index in [4.69, 9.17) is 0 Å². The Labute approximate surface area is 99.8 Å². The summed E-state index contributed by atoms with van der Waals surface area (Å²) in [5, 5.41) is 14.1. The molecule has 0 spiro atoms. The van der Waals surface area contributed by atoms with Crippen molar-refractivity contribution in [2.45, 2.75) is 13.8 Å². The monoisotopic (exact) mass is 236 g/mol. The minimum absolute atomic E-state index is 0.0328. The van der Waals surface area contributed by atoms with Crippen molar-refractivity contribution in [3.05, 3.63) is 24.3 Å². The fraction of sp³-hybridized carbons (Fsp3) is 0.333. The molecule has 0 saturated heterocycles. The smallest absolute Gasteiger partial charge is 0.313 e. The molecular weight excluding hydrogens is 220 g/mol. The summed E-state index contributed by atoms with van der Waals surface area (Å²) in [6.45, 7) is 4.33. The lowest BCUT2D eigenvalue weighted by atomic mass is 10.2. The van der Waals surface area contributed by atoms with Gasteiger partial charge in [-0.25, -0.2) is 0 Å². The van der Waals surface area contributed by atoms with E-state index in [2.05, 4.69) is 10.6 Å². The third-order valence-electron chi connectivity index (χ3n) is 1.98. The maximum atomic E-state index is 11.4. The first-order chi connectivity index (χ1) is 7.99. The molecule has 0 fully saturated rings. The molecule has 0 bridgehead atoms. The van der Waals surface area contributed by atoms with Crippen molar-refractivity contribution in [2.24, 2.45) is 5.92 Å². The van der Waals surface area contributed by atoms with Crippen molar-refractivity contribution in [3.63, 3.8) is 0 Å². The molecule has 1 rings (SSSR count). The third-order valence-corrected chi connectivity index (χ3v) is 1.98. The van der Waals surface area contributed by atoms with Crippen LogP contribution >= 0.6 is 0 Å². The van der Waals surface area contributed by atoms with E-state index in [0.29, 0.717) is 12.2 Å². The number of carbonyl (C=O) groups excluding carboxylic acids is 2. The van der Waals surface area contributed by atoms with E-state index in [1.165, 1.54) is 12.1 Å². The lowest BCUT2D eigenvalue weighted by Crippen LogP contribution is -2.37. The summed E-state index contributed by atoms with van der Waals surface area (Å²) in [5.74, 6) is -1.10. The molecule has 0 radical (unpaired) electrons. The van der Waals surface area contributed by atoms with Crippen molar-refractivity contribution in [1.82, 2.24) is 5.32 Å². The Kier molecular flexibility index (Phi) is 4.51. The first-order valence-corrected chi connectivity index (χ1v) is 5.37. The van der Waals surface area contributed by atoms with E-state index in [1.807, 2.05) is 13.8 Å². The number of phenols is 1. The normalized spacial score (nSPS) is 10.1. The molecule has 0 unspecified atom stereocenters. The second-order valence-corrected chi connectivity index (χ2v) is 4.11. The van der Waals surface area contributed by atoms with Crippen LogP contribution in [0.1, 0.15) is 13.8 Å². The molecule has 1 aromatic rings. The van der Waals surface area contributed by atoms with Crippen molar-refractivity contribution >= 4 is 17.5 Å². The second kappa shape index (κ2) is 5.89. The van der Waals surface area contributed by atoms with E-state index in [0.717, 1.165) is 0 Å². The molecule has 0 aliphatic rings. The Morgan fingerprint density at radius 1 is 1.29 bits per heavy atom. The maximum Gasteiger partial charge on any atom is 0.313 e. The average molecular weight is 236 g/mol. The summed E-state index contributed by atoms with van der Waals surface area (Å²) >= 11 is 0. The summed E-state index contributed by atoms with van der Waals surface area (Å²) in [4.78, 5) is 22.8. The first-order valence-electron chi connectivity index (χ1n) is 5.37. The van der Waals surface area contributed by atoms with E-state index in [1.54, 1.807) is 12.1 Å². The Balaban J connectivity index is 2.51. The Morgan fingerprint density at radius 2 is 2.00 bits per heavy atom. The molecule has 5 heteroatoms. The van der Waals surface area contributed by atoms with Crippen LogP contribution in [0.3, 0.4) is 0 Å². The van der Waals surface area contributed by atoms with Crippen LogP contribution in [0.4, 0.5) is 5.69 Å². The van der Waals surface area contributed by atoms with Crippen molar-refractivity contribution in [1.29, 1.82) is 0 Å². The largest absolute Gasteiger partial charge is 0.508 e. The highest BCUT2D eigenvalue weighted by Gasteiger charge is 2.13. The van der Waals surface area contributed by atoms with Gasteiger partial charge in [0.05, 0.1) is 0 Å². The number of aromatic hydroxyl groups is 1. The SMILES string of the molecule is CC(C)CNC(=O)C(=O)Nc1cccc(O)c1. The second-order valence-electron chi connectivity index (χ2n) is 4.11. The van der Waals surface area contributed by atoms with Crippen LogP contribution in [0.2, 0.25) is 0 Å². The number of rotatable bonds is 3. The van der Waals surface area contributed by atoms with E-state index in [-0.39, 0.29) is 11.7 Å². The number of hydrogen-bond donors (Lipinski definition) is 3. The van der Waals surface area contributed by atoms with Gasteiger partial charge in [0.1, 0.15) is 5.75 Å². The van der Waals surface area contributed by atoms with Crippen LogP contribution < -0.4 is 10.6 Å². The lowest BCUT2D eigenvalue weighted by Gasteiger charge is -2.08. The lowest BCUT2D eigenvalue weighted by molar-refractivity contribution is -0.136. The van der Waals surface area contributed by atoms with Gasteiger partial charge in [-0.1, -0.05) is 19.9 Å². The van der Waals surface area contributed by atoms with Gasteiger partial charge >= 0.3 is 11.8 Å². The highest BCUT2D eigenvalue weighted by molar-refractivity contribution is 6.39. The zero-order chi connectivity index (χ0) is 12.8. The molecule has 0 aromatic heterocycles. The van der Waals surface area contributed by atoms with Crippen molar-refractivity contribution < 1.29 is 14.7 Å². The number of amides is 2. The van der Waals surface area contributed by atoms with Gasteiger partial charge < -0.3 is 15.7 Å². The molecule has 0 aliphatic heterocycles. The number of anilines is 1. The summed E-state index contributed by atoms with van der Waals surface area (Å²) in [6.07, 6.45) is 0. The van der Waals surface area contributed by atoms with E-state index in [9.17, 15) is 14.7 Å². The molecule has 0 heterocycles. The Morgan fingerprint density at radius 3 is 2.59 bits per heavy atom. The van der Waals surface area contributed by atoms with Gasteiger partial charge in [0.15, 0.2) is 0 Å². The quantitative estimate of drug-likeness (QED) is 0.688. The number of hydrogen-bond acceptors (Lipinski definition) is 3. The predicted octanol–water partition coefficient (Wildman–Crippen LogP) is 1.10. The summed E-state index contributed by atoms with van der Waals surface area (Å²) in [7, 11) is 0. The molecule has 0 aliphatic carbocycles. The molecule has 1 aromatic carbocycles. The topological polar surface area (TPSA) is 78.4 Å². The molecule has 0 saturated carbocycles. The van der Waals surface area contributed by atoms with Crippen molar-refractivity contribution in [3.8, 4) is 5.75 Å². The van der Waals surface area contributed by atoms with Crippen LogP contribution in [-0.4, -0.2) is 23.5 Å². The Bertz CT molecular complexity index is 416. The van der Waals surface area contributed by atoms with Gasteiger partial charge in [-0.15, -0.1) is 0 Å². The predicted molar refractivity (Wildman–Crippen MR) is 64.6 cm³/mol. The minimum Gasteiger partial charge on any atom is -0.508 e. The van der Waals surface area contributed by atoms with Crippen LogP contribution in [0.15, 0.2) is 24.3 Å². The highest BCUT2D eigenvalue weighted by atomic mass is 16.3. The zero-order valence-electron chi connectivity index (χ0n) is 9.86. The molecule has 0 atom stereocenters. The molecule has 5 nitrogen and oxygen atoms in total. The number of benzene rings is 1. The molecule has 2 amide bonds. The molecule has 3 N–H and O–H groups in total. The molecular formula is C12H16N2O3. The van der Waals surface area contributed by atoms with Gasteiger partial charge in [-0.3, -0.25) is 9.59 Å². The third kappa shape index (κ3) is 4.55. The zero-order valence-corrected chi connectivity index (χ0v) is 9.86. The molecule has 17 heavy (non-hydrogen) atoms. The number of nitrogens with one attached hydrogen (secondary N) is 2. The van der Waals surface area contributed by atoms with Crippen molar-refractivity contribution in [2.75, 3.05) is 11.9 Å². The van der Waals surface area contributed by atoms with E-state index >= 15 is 0 Å². The van der Waals surface area contributed by atoms with Crippen LogP contribution in [0.5, 0.6) is 5.75 Å². The van der Waals surface area contributed by atoms with Crippen LogP contribution in [-0.2, 0) is 9.59 Å². The average Bonchev–Trinajstić information content (AvgIpc) is 2.25. The summed E-state index contributed by atoms with van der Waals surface area (Å²) < 4.78 is 0. The van der Waals surface area contributed by atoms with E-state index < -0.39 is 11.8 Å². The fourth-order valence-corrected chi connectivity index (χ4v) is 1.15. The number of phenolic OH excluding ortho intramolecular Hbond substituents is 1. The van der Waals surface area contributed by atoms with Gasteiger partial charge in [-0.05, 0) is 18.1 Å². The van der Waals surface area contributed by atoms with Crippen LogP contribution in [0.25, 0.3) is 0 Å². The summed E-state index contributed by atoms with van der Waals surface area (Å²) in [5.41, 5.74) is 0.384. The fourth-order valence-electron chi connectivity index (χ4n) is 1.15. The molecule has 92 valence electrons. The van der Waals surface area contributed by atoms with Gasteiger partial charge in [-0.2, -0.15) is 0 Å².